The molecule has 0 saturated heterocycles. The molecule has 1 aromatic rings. The molecule has 5 nitrogen and oxygen atoms in total. The molecule has 0 aliphatic carbocycles. The van der Waals surface area contributed by atoms with Gasteiger partial charge in [0.25, 0.3) is 0 Å². The van der Waals surface area contributed by atoms with Crippen LogP contribution < -0.4 is 5.32 Å². The number of phenols is 1. The van der Waals surface area contributed by atoms with Gasteiger partial charge in [-0.05, 0) is 18.2 Å². The van der Waals surface area contributed by atoms with Crippen LogP contribution in [0, 0.1) is 0 Å². The second-order valence-electron chi connectivity index (χ2n) is 3.39. The standard InChI is InChI=1S/C11H10ClNO4/c1-16-11-8(5-10(15)17-11)13-7-4-6(12)2-3-9(7)14/h2-5,11,13-14H,1H3/t11-/m1/s1. The zero-order valence-corrected chi connectivity index (χ0v) is 9.69. The molecule has 0 amide bonds. The van der Waals surface area contributed by atoms with Crippen LogP contribution in [0.15, 0.2) is 30.0 Å². The summed E-state index contributed by atoms with van der Waals surface area (Å²) in [5.41, 5.74) is 0.791. The van der Waals surface area contributed by atoms with Gasteiger partial charge in [-0.3, -0.25) is 0 Å². The molecule has 0 bridgehead atoms. The average molecular weight is 256 g/mol. The summed E-state index contributed by atoms with van der Waals surface area (Å²) in [6, 6.07) is 4.54. The Labute approximate surface area is 103 Å². The molecular formula is C11H10ClNO4. The number of benzene rings is 1. The van der Waals surface area contributed by atoms with Gasteiger partial charge in [0.05, 0.1) is 11.4 Å². The minimum absolute atomic E-state index is 0.0181. The Bertz CT molecular complexity index is 486. The Morgan fingerprint density at radius 2 is 2.29 bits per heavy atom. The molecule has 90 valence electrons. The van der Waals surface area contributed by atoms with E-state index in [4.69, 9.17) is 21.1 Å². The lowest BCUT2D eigenvalue weighted by atomic mass is 10.2. The number of esters is 1. The van der Waals surface area contributed by atoms with Crippen molar-refractivity contribution >= 4 is 23.3 Å². The predicted molar refractivity (Wildman–Crippen MR) is 61.7 cm³/mol. The second kappa shape index (κ2) is 4.65. The normalized spacial score (nSPS) is 18.8. The van der Waals surface area contributed by atoms with E-state index in [9.17, 15) is 9.90 Å². The monoisotopic (exact) mass is 255 g/mol. The van der Waals surface area contributed by atoms with Crippen LogP contribution in [0.3, 0.4) is 0 Å². The fraction of sp³-hybridized carbons (Fsp3) is 0.182. The zero-order valence-electron chi connectivity index (χ0n) is 8.94. The molecule has 0 fully saturated rings. The van der Waals surface area contributed by atoms with E-state index in [1.54, 1.807) is 6.07 Å². The van der Waals surface area contributed by atoms with Crippen LogP contribution in [-0.2, 0) is 14.3 Å². The van der Waals surface area contributed by atoms with E-state index in [2.05, 4.69) is 5.32 Å². The number of carbonyl (C=O) groups is 1. The van der Waals surface area contributed by atoms with Gasteiger partial charge in [0.2, 0.25) is 6.29 Å². The highest BCUT2D eigenvalue weighted by Crippen LogP contribution is 2.29. The first-order chi connectivity index (χ1) is 8.10. The Morgan fingerprint density at radius 1 is 1.53 bits per heavy atom. The van der Waals surface area contributed by atoms with Crippen LogP contribution in [0.5, 0.6) is 5.75 Å². The van der Waals surface area contributed by atoms with Gasteiger partial charge in [-0.1, -0.05) is 11.6 Å². The summed E-state index contributed by atoms with van der Waals surface area (Å²) in [6.07, 6.45) is 0.468. The Morgan fingerprint density at radius 3 is 3.00 bits per heavy atom. The lowest BCUT2D eigenvalue weighted by molar-refractivity contribution is -0.155. The Kier molecular flexibility index (Phi) is 3.21. The van der Waals surface area contributed by atoms with Crippen molar-refractivity contribution in [2.75, 3.05) is 12.4 Å². The van der Waals surface area contributed by atoms with Crippen molar-refractivity contribution in [1.82, 2.24) is 0 Å². The van der Waals surface area contributed by atoms with Gasteiger partial charge in [-0.2, -0.15) is 0 Å². The van der Waals surface area contributed by atoms with Crippen LogP contribution >= 0.6 is 11.6 Å². The van der Waals surface area contributed by atoms with Crippen molar-refractivity contribution in [2.45, 2.75) is 6.29 Å². The summed E-state index contributed by atoms with van der Waals surface area (Å²) in [6.45, 7) is 0. The Balaban J connectivity index is 2.23. The number of phenolic OH excluding ortho intramolecular Hbond substituents is 1. The topological polar surface area (TPSA) is 67.8 Å². The maximum absolute atomic E-state index is 11.1. The van der Waals surface area contributed by atoms with E-state index >= 15 is 0 Å². The lowest BCUT2D eigenvalue weighted by Crippen LogP contribution is -2.18. The first-order valence-corrected chi connectivity index (χ1v) is 5.18. The number of rotatable bonds is 3. The number of anilines is 1. The molecule has 2 rings (SSSR count). The fourth-order valence-electron chi connectivity index (χ4n) is 1.43. The minimum atomic E-state index is -0.791. The second-order valence-corrected chi connectivity index (χ2v) is 3.83. The summed E-state index contributed by atoms with van der Waals surface area (Å²) in [7, 11) is 1.41. The largest absolute Gasteiger partial charge is 0.506 e. The number of hydrogen-bond acceptors (Lipinski definition) is 5. The summed E-state index contributed by atoms with van der Waals surface area (Å²) >= 11 is 5.80. The summed E-state index contributed by atoms with van der Waals surface area (Å²) in [4.78, 5) is 11.1. The van der Waals surface area contributed by atoms with Crippen molar-refractivity contribution in [1.29, 1.82) is 0 Å². The van der Waals surface area contributed by atoms with E-state index in [1.165, 1.54) is 25.3 Å². The van der Waals surface area contributed by atoms with E-state index in [0.717, 1.165) is 0 Å². The van der Waals surface area contributed by atoms with Crippen LogP contribution in [0.4, 0.5) is 5.69 Å². The Hall–Kier alpha value is -1.72. The van der Waals surface area contributed by atoms with Crippen LogP contribution in [0.2, 0.25) is 5.02 Å². The molecule has 0 spiro atoms. The molecular weight excluding hydrogens is 246 g/mol. The van der Waals surface area contributed by atoms with Crippen molar-refractivity contribution in [2.24, 2.45) is 0 Å². The van der Waals surface area contributed by atoms with Crippen LogP contribution in [0.25, 0.3) is 0 Å². The number of nitrogens with one attached hydrogen (secondary N) is 1. The minimum Gasteiger partial charge on any atom is -0.506 e. The number of aromatic hydroxyl groups is 1. The number of hydrogen-bond donors (Lipinski definition) is 2. The number of ether oxygens (including phenoxy) is 2. The van der Waals surface area contributed by atoms with Crippen molar-refractivity contribution in [3.8, 4) is 5.75 Å². The van der Waals surface area contributed by atoms with Gasteiger partial charge >= 0.3 is 5.97 Å². The molecule has 17 heavy (non-hydrogen) atoms. The maximum atomic E-state index is 11.1. The van der Waals surface area contributed by atoms with Crippen molar-refractivity contribution < 1.29 is 19.4 Å². The van der Waals surface area contributed by atoms with Gasteiger partial charge in [0.1, 0.15) is 5.75 Å². The molecule has 0 aromatic heterocycles. The third-order valence-electron chi connectivity index (χ3n) is 2.20. The van der Waals surface area contributed by atoms with Gasteiger partial charge in [-0.15, -0.1) is 0 Å². The number of halogens is 1. The number of cyclic esters (lactones) is 1. The molecule has 1 atom stereocenters. The van der Waals surface area contributed by atoms with Gasteiger partial charge in [-0.25, -0.2) is 4.79 Å². The predicted octanol–water partition coefficient (Wildman–Crippen LogP) is 1.87. The SMILES string of the molecule is CO[C@@H]1OC(=O)C=C1Nc1cc(Cl)ccc1O. The highest BCUT2D eigenvalue weighted by atomic mass is 35.5. The molecule has 0 unspecified atom stereocenters. The van der Waals surface area contributed by atoms with Crippen molar-refractivity contribution in [3.05, 3.63) is 35.0 Å². The number of methoxy groups -OCH3 is 1. The van der Waals surface area contributed by atoms with E-state index in [0.29, 0.717) is 16.4 Å². The maximum Gasteiger partial charge on any atom is 0.335 e. The third-order valence-corrected chi connectivity index (χ3v) is 2.44. The molecule has 1 aromatic carbocycles. The third kappa shape index (κ3) is 2.51. The molecule has 1 heterocycles. The number of carbonyl (C=O) groups excluding carboxylic acids is 1. The van der Waals surface area contributed by atoms with Gasteiger partial charge in [0, 0.05) is 18.2 Å². The van der Waals surface area contributed by atoms with E-state index < -0.39 is 12.3 Å². The molecule has 2 N–H and O–H groups in total. The van der Waals surface area contributed by atoms with E-state index in [-0.39, 0.29) is 5.75 Å². The summed E-state index contributed by atoms with van der Waals surface area (Å²) in [5, 5.41) is 12.9. The average Bonchev–Trinajstić information content (AvgIpc) is 2.64. The smallest absolute Gasteiger partial charge is 0.335 e. The van der Waals surface area contributed by atoms with Crippen molar-refractivity contribution in [3.63, 3.8) is 0 Å². The first-order valence-electron chi connectivity index (χ1n) is 4.80. The van der Waals surface area contributed by atoms with Gasteiger partial charge < -0.3 is 19.9 Å². The lowest BCUT2D eigenvalue weighted by Gasteiger charge is -2.14. The van der Waals surface area contributed by atoms with E-state index in [1.807, 2.05) is 0 Å². The quantitative estimate of drug-likeness (QED) is 0.638. The highest BCUT2D eigenvalue weighted by Gasteiger charge is 2.26. The highest BCUT2D eigenvalue weighted by molar-refractivity contribution is 6.30. The summed E-state index contributed by atoms with van der Waals surface area (Å²) < 4.78 is 9.78. The molecule has 1 aliphatic rings. The fourth-order valence-corrected chi connectivity index (χ4v) is 1.60. The van der Waals surface area contributed by atoms with Crippen LogP contribution in [-0.4, -0.2) is 24.5 Å². The molecule has 1 aliphatic heterocycles. The molecule has 0 radical (unpaired) electrons. The first kappa shape index (κ1) is 11.8. The summed E-state index contributed by atoms with van der Waals surface area (Å²) in [5.74, 6) is -0.481. The molecule has 6 heteroatoms. The molecule has 0 saturated carbocycles. The van der Waals surface area contributed by atoms with Crippen LogP contribution in [0.1, 0.15) is 0 Å². The zero-order chi connectivity index (χ0) is 12.4. The van der Waals surface area contributed by atoms with Gasteiger partial charge in [0.15, 0.2) is 0 Å².